The zero-order chi connectivity index (χ0) is 15.7. The van der Waals surface area contributed by atoms with Crippen molar-refractivity contribution in [2.24, 2.45) is 11.8 Å². The van der Waals surface area contributed by atoms with Crippen molar-refractivity contribution < 1.29 is 14.3 Å². The molecular formula is C15H22N4O3. The van der Waals surface area contributed by atoms with Gasteiger partial charge >= 0.3 is 6.09 Å². The molecule has 0 radical (unpaired) electrons. The number of nitrogens with zero attached hydrogens (tertiary/aromatic N) is 1. The molecule has 120 valence electrons. The largest absolute Gasteiger partial charge is 0.453 e. The number of hydrogen-bond donors (Lipinski definition) is 3. The Balaban J connectivity index is 1.63. The lowest BCUT2D eigenvalue weighted by Gasteiger charge is -2.22. The van der Waals surface area contributed by atoms with Crippen LogP contribution in [0.15, 0.2) is 12.4 Å². The molecule has 4 atom stereocenters. The van der Waals surface area contributed by atoms with Crippen LogP contribution in [0.25, 0.3) is 0 Å². The van der Waals surface area contributed by atoms with Crippen molar-refractivity contribution in [3.8, 4) is 0 Å². The number of aromatic amines is 1. The SMILES string of the molecule is CC[C@@H](CNC(=O)OC)C(=O)[C@]12CC1CC(c1ncc[nH]1)N2. The molecule has 1 saturated heterocycles. The lowest BCUT2D eigenvalue weighted by Crippen LogP contribution is -2.45. The van der Waals surface area contributed by atoms with Crippen molar-refractivity contribution >= 4 is 11.9 Å². The molecule has 22 heavy (non-hydrogen) atoms. The number of methoxy groups -OCH3 is 1. The smallest absolute Gasteiger partial charge is 0.406 e. The number of fused-ring (bicyclic) bond motifs is 1. The van der Waals surface area contributed by atoms with E-state index < -0.39 is 11.6 Å². The van der Waals surface area contributed by atoms with Gasteiger partial charge in [-0.05, 0) is 25.2 Å². The topological polar surface area (TPSA) is 96.1 Å². The van der Waals surface area contributed by atoms with Crippen molar-refractivity contribution in [1.82, 2.24) is 20.6 Å². The quantitative estimate of drug-likeness (QED) is 0.733. The van der Waals surface area contributed by atoms with Crippen LogP contribution in [0, 0.1) is 11.8 Å². The highest BCUT2D eigenvalue weighted by Gasteiger charge is 2.65. The predicted molar refractivity (Wildman–Crippen MR) is 79.1 cm³/mol. The van der Waals surface area contributed by atoms with Gasteiger partial charge in [-0.25, -0.2) is 9.78 Å². The Hall–Kier alpha value is -1.89. The van der Waals surface area contributed by atoms with E-state index >= 15 is 0 Å². The number of hydrogen-bond acceptors (Lipinski definition) is 5. The number of rotatable bonds is 6. The maximum atomic E-state index is 12.9. The first kappa shape index (κ1) is 15.0. The Bertz CT molecular complexity index is 559. The van der Waals surface area contributed by atoms with Gasteiger partial charge in [0.25, 0.3) is 0 Å². The van der Waals surface area contributed by atoms with Crippen LogP contribution in [-0.4, -0.2) is 41.0 Å². The van der Waals surface area contributed by atoms with Crippen molar-refractivity contribution in [3.63, 3.8) is 0 Å². The van der Waals surface area contributed by atoms with Gasteiger partial charge in [0.05, 0.1) is 18.7 Å². The number of ether oxygens (including phenoxy) is 1. The first-order valence-electron chi connectivity index (χ1n) is 7.73. The van der Waals surface area contributed by atoms with Crippen LogP contribution in [0.5, 0.6) is 0 Å². The molecule has 1 amide bonds. The molecule has 7 nitrogen and oxygen atoms in total. The van der Waals surface area contributed by atoms with Gasteiger partial charge in [-0.15, -0.1) is 0 Å². The number of aromatic nitrogens is 2. The molecule has 3 rings (SSSR count). The summed E-state index contributed by atoms with van der Waals surface area (Å²) >= 11 is 0. The highest BCUT2D eigenvalue weighted by molar-refractivity contribution is 5.95. The standard InChI is InChI=1S/C15H22N4O3/c1-3-9(8-18-14(21)22-2)12(20)15-7-10(15)6-11(19-15)13-16-4-5-17-13/h4-5,9-11,19H,3,6-8H2,1-2H3,(H,16,17)(H,18,21)/t9-,10?,11?,15-/m0/s1. The van der Waals surface area contributed by atoms with E-state index in [1.54, 1.807) is 12.4 Å². The van der Waals surface area contributed by atoms with E-state index in [9.17, 15) is 9.59 Å². The molecule has 2 unspecified atom stereocenters. The summed E-state index contributed by atoms with van der Waals surface area (Å²) in [7, 11) is 1.32. The van der Waals surface area contributed by atoms with Crippen LogP contribution >= 0.6 is 0 Å². The van der Waals surface area contributed by atoms with E-state index in [-0.39, 0.29) is 17.7 Å². The monoisotopic (exact) mass is 306 g/mol. The number of piperidine rings is 1. The fraction of sp³-hybridized carbons (Fsp3) is 0.667. The molecule has 2 fully saturated rings. The first-order valence-corrected chi connectivity index (χ1v) is 7.73. The summed E-state index contributed by atoms with van der Waals surface area (Å²) < 4.78 is 4.56. The molecule has 1 aromatic heterocycles. The Morgan fingerprint density at radius 2 is 2.41 bits per heavy atom. The molecule has 0 spiro atoms. The van der Waals surface area contributed by atoms with Gasteiger partial charge in [0.1, 0.15) is 5.82 Å². The van der Waals surface area contributed by atoms with Crippen LogP contribution in [0.3, 0.4) is 0 Å². The average molecular weight is 306 g/mol. The molecule has 3 N–H and O–H groups in total. The minimum atomic E-state index is -0.496. The van der Waals surface area contributed by atoms with E-state index in [4.69, 9.17) is 0 Å². The number of H-pyrrole nitrogens is 1. The van der Waals surface area contributed by atoms with Crippen molar-refractivity contribution in [2.45, 2.75) is 37.8 Å². The van der Waals surface area contributed by atoms with E-state index in [1.165, 1.54) is 7.11 Å². The normalized spacial score (nSPS) is 30.5. The van der Waals surface area contributed by atoms with Gasteiger partial charge in [-0.1, -0.05) is 6.92 Å². The van der Waals surface area contributed by atoms with Gasteiger partial charge in [-0.2, -0.15) is 0 Å². The zero-order valence-corrected chi connectivity index (χ0v) is 12.9. The second kappa shape index (κ2) is 5.72. The number of carbonyl (C=O) groups excluding carboxylic acids is 2. The number of alkyl carbamates (subject to hydrolysis) is 1. The summed E-state index contributed by atoms with van der Waals surface area (Å²) in [6.07, 6.45) is 5.54. The average Bonchev–Trinajstić information content (AvgIpc) is 2.94. The van der Waals surface area contributed by atoms with Crippen LogP contribution in [0.2, 0.25) is 0 Å². The number of carbonyl (C=O) groups is 2. The second-order valence-electron chi connectivity index (χ2n) is 6.12. The summed E-state index contributed by atoms with van der Waals surface area (Å²) in [6, 6.07) is 0.115. The maximum absolute atomic E-state index is 12.9. The lowest BCUT2D eigenvalue weighted by molar-refractivity contribution is -0.126. The molecular weight excluding hydrogens is 284 g/mol. The molecule has 1 aliphatic carbocycles. The third-order valence-electron chi connectivity index (χ3n) is 4.89. The molecule has 1 aliphatic heterocycles. The Kier molecular flexibility index (Phi) is 3.90. The maximum Gasteiger partial charge on any atom is 0.406 e. The van der Waals surface area contributed by atoms with Crippen molar-refractivity contribution in [3.05, 3.63) is 18.2 Å². The molecule has 0 bridgehead atoms. The van der Waals surface area contributed by atoms with Gasteiger partial charge in [0, 0.05) is 24.9 Å². The predicted octanol–water partition coefficient (Wildman–Crippen LogP) is 1.15. The summed E-state index contributed by atoms with van der Waals surface area (Å²) in [5, 5.41) is 6.11. The fourth-order valence-electron chi connectivity index (χ4n) is 3.53. The molecule has 2 heterocycles. The first-order chi connectivity index (χ1) is 10.6. The van der Waals surface area contributed by atoms with Crippen LogP contribution in [0.4, 0.5) is 4.79 Å². The number of Topliss-reactive ketones (excluding diaryl/α,β-unsaturated/α-hetero) is 1. The fourth-order valence-corrected chi connectivity index (χ4v) is 3.53. The second-order valence-corrected chi connectivity index (χ2v) is 6.12. The van der Waals surface area contributed by atoms with Crippen molar-refractivity contribution in [1.29, 1.82) is 0 Å². The lowest BCUT2D eigenvalue weighted by atomic mass is 9.93. The van der Waals surface area contributed by atoms with Gasteiger partial charge < -0.3 is 15.0 Å². The van der Waals surface area contributed by atoms with E-state index in [0.717, 1.165) is 18.7 Å². The Morgan fingerprint density at radius 3 is 3.05 bits per heavy atom. The molecule has 1 saturated carbocycles. The van der Waals surface area contributed by atoms with Crippen molar-refractivity contribution in [2.75, 3.05) is 13.7 Å². The van der Waals surface area contributed by atoms with E-state index in [1.807, 2.05) is 6.92 Å². The summed E-state index contributed by atoms with van der Waals surface area (Å²) in [5.74, 6) is 1.28. The minimum absolute atomic E-state index is 0.115. The van der Waals surface area contributed by atoms with E-state index in [0.29, 0.717) is 18.9 Å². The molecule has 7 heteroatoms. The summed E-state index contributed by atoms with van der Waals surface area (Å²) in [4.78, 5) is 31.5. The van der Waals surface area contributed by atoms with Gasteiger partial charge in [-0.3, -0.25) is 10.1 Å². The summed E-state index contributed by atoms with van der Waals surface area (Å²) in [5.41, 5.74) is -0.421. The van der Waals surface area contributed by atoms with Gasteiger partial charge in [0.2, 0.25) is 0 Å². The molecule has 1 aromatic rings. The molecule has 2 aliphatic rings. The summed E-state index contributed by atoms with van der Waals surface area (Å²) in [6.45, 7) is 2.29. The van der Waals surface area contributed by atoms with Crippen LogP contribution in [0.1, 0.15) is 38.1 Å². The third kappa shape index (κ3) is 2.49. The Labute approximate surface area is 129 Å². The molecule has 0 aromatic carbocycles. The highest BCUT2D eigenvalue weighted by Crippen LogP contribution is 2.56. The zero-order valence-electron chi connectivity index (χ0n) is 12.9. The van der Waals surface area contributed by atoms with E-state index in [2.05, 4.69) is 25.3 Å². The van der Waals surface area contributed by atoms with Crippen LogP contribution in [-0.2, 0) is 9.53 Å². The number of imidazole rings is 1. The Morgan fingerprint density at radius 1 is 1.59 bits per heavy atom. The number of nitrogens with one attached hydrogen (secondary N) is 3. The number of amides is 1. The van der Waals surface area contributed by atoms with Crippen LogP contribution < -0.4 is 10.6 Å². The highest BCUT2D eigenvalue weighted by atomic mass is 16.5. The third-order valence-corrected chi connectivity index (χ3v) is 4.89. The minimum Gasteiger partial charge on any atom is -0.453 e. The van der Waals surface area contributed by atoms with Gasteiger partial charge in [0.15, 0.2) is 5.78 Å². The number of ketones is 1.